The van der Waals surface area contributed by atoms with E-state index < -0.39 is 0 Å². The molecule has 0 bridgehead atoms. The molecule has 3 rings (SSSR count). The zero-order valence-electron chi connectivity index (χ0n) is 11.0. The summed E-state index contributed by atoms with van der Waals surface area (Å²) in [4.78, 5) is 8.54. The smallest absolute Gasteiger partial charge is 0.109 e. The highest BCUT2D eigenvalue weighted by Gasteiger charge is 2.24. The van der Waals surface area contributed by atoms with E-state index in [4.69, 9.17) is 4.98 Å². The summed E-state index contributed by atoms with van der Waals surface area (Å²) in [6.07, 6.45) is 12.0. The van der Waals surface area contributed by atoms with E-state index in [1.807, 2.05) is 0 Å². The summed E-state index contributed by atoms with van der Waals surface area (Å²) in [5.41, 5.74) is 2.85. The first-order chi connectivity index (χ1) is 8.36. The van der Waals surface area contributed by atoms with Gasteiger partial charge < -0.3 is 4.98 Å². The monoisotopic (exact) mass is 232 g/mol. The molecule has 1 heterocycles. The molecular formula is C15H24N2. The van der Waals surface area contributed by atoms with Crippen LogP contribution in [0, 0.1) is 5.92 Å². The Morgan fingerprint density at radius 1 is 1.18 bits per heavy atom. The molecule has 1 atom stereocenters. The second-order valence-electron chi connectivity index (χ2n) is 5.90. The minimum Gasteiger partial charge on any atom is -0.345 e. The fourth-order valence-corrected chi connectivity index (χ4v) is 3.49. The van der Waals surface area contributed by atoms with Crippen LogP contribution in [0.1, 0.15) is 75.0 Å². The molecule has 1 aromatic heterocycles. The van der Waals surface area contributed by atoms with Crippen LogP contribution >= 0.6 is 0 Å². The van der Waals surface area contributed by atoms with Crippen molar-refractivity contribution in [3.63, 3.8) is 0 Å². The Labute approximate surface area is 104 Å². The number of hydrogen-bond donors (Lipinski definition) is 1. The summed E-state index contributed by atoms with van der Waals surface area (Å²) in [6.45, 7) is 2.31. The first-order valence-electron chi connectivity index (χ1n) is 7.44. The normalized spacial score (nSPS) is 25.8. The van der Waals surface area contributed by atoms with Gasteiger partial charge in [0.25, 0.3) is 0 Å². The molecule has 17 heavy (non-hydrogen) atoms. The van der Waals surface area contributed by atoms with Crippen molar-refractivity contribution in [1.82, 2.24) is 9.97 Å². The van der Waals surface area contributed by atoms with Crippen LogP contribution in [-0.2, 0) is 12.8 Å². The van der Waals surface area contributed by atoms with Crippen LogP contribution in [0.2, 0.25) is 0 Å². The van der Waals surface area contributed by atoms with E-state index in [0.717, 1.165) is 11.8 Å². The Balaban J connectivity index is 1.77. The van der Waals surface area contributed by atoms with Crippen molar-refractivity contribution in [2.75, 3.05) is 0 Å². The number of rotatable bonds is 2. The van der Waals surface area contributed by atoms with Crippen LogP contribution in [0.3, 0.4) is 0 Å². The van der Waals surface area contributed by atoms with Crippen molar-refractivity contribution >= 4 is 0 Å². The maximum atomic E-state index is 4.89. The van der Waals surface area contributed by atoms with Gasteiger partial charge in [-0.25, -0.2) is 4.98 Å². The highest BCUT2D eigenvalue weighted by Crippen LogP contribution is 2.33. The van der Waals surface area contributed by atoms with Crippen LogP contribution in [0.15, 0.2) is 0 Å². The fraction of sp³-hybridized carbons (Fsp3) is 0.800. The van der Waals surface area contributed by atoms with Crippen molar-refractivity contribution in [1.29, 1.82) is 0 Å². The first-order valence-corrected chi connectivity index (χ1v) is 7.44. The molecule has 2 nitrogen and oxygen atoms in total. The largest absolute Gasteiger partial charge is 0.345 e. The second-order valence-corrected chi connectivity index (χ2v) is 5.90. The number of aromatic amines is 1. The average molecular weight is 232 g/mol. The number of nitrogens with zero attached hydrogens (tertiary/aromatic N) is 1. The molecule has 2 aliphatic rings. The Hall–Kier alpha value is -0.790. The number of fused-ring (bicyclic) bond motifs is 1. The zero-order chi connectivity index (χ0) is 11.7. The molecule has 0 aliphatic heterocycles. The molecule has 2 heteroatoms. The Bertz CT molecular complexity index is 374. The maximum absolute atomic E-state index is 4.89. The van der Waals surface area contributed by atoms with Gasteiger partial charge in [-0.05, 0) is 38.0 Å². The third-order valence-electron chi connectivity index (χ3n) is 4.73. The van der Waals surface area contributed by atoms with Gasteiger partial charge >= 0.3 is 0 Å². The lowest BCUT2D eigenvalue weighted by atomic mass is 9.88. The average Bonchev–Trinajstić information content (AvgIpc) is 2.82. The van der Waals surface area contributed by atoms with Crippen LogP contribution in [0.4, 0.5) is 0 Å². The van der Waals surface area contributed by atoms with Gasteiger partial charge in [0, 0.05) is 11.6 Å². The molecule has 1 N–H and O–H groups in total. The standard InChI is InChI=1S/C15H24N2/c1-2-11-8-9-13-14(10-11)17-15(16-13)12-6-4-3-5-7-12/h11-12H,2-10H2,1H3,(H,16,17). The SMILES string of the molecule is CCC1CCc2nc(C3CCCCC3)[nH]c2C1. The molecule has 94 valence electrons. The lowest BCUT2D eigenvalue weighted by Crippen LogP contribution is -2.12. The molecule has 1 aromatic rings. The minimum atomic E-state index is 0.731. The Morgan fingerprint density at radius 3 is 2.76 bits per heavy atom. The van der Waals surface area contributed by atoms with Gasteiger partial charge in [0.05, 0.1) is 5.69 Å². The predicted octanol–water partition coefficient (Wildman–Crippen LogP) is 3.97. The van der Waals surface area contributed by atoms with Gasteiger partial charge in [-0.15, -0.1) is 0 Å². The summed E-state index contributed by atoms with van der Waals surface area (Å²) in [5, 5.41) is 0. The third-order valence-corrected chi connectivity index (χ3v) is 4.73. The third kappa shape index (κ3) is 2.27. The first kappa shape index (κ1) is 11.3. The lowest BCUT2D eigenvalue weighted by molar-refractivity contribution is 0.430. The van der Waals surface area contributed by atoms with Gasteiger partial charge in [0.2, 0.25) is 0 Å². The summed E-state index contributed by atoms with van der Waals surface area (Å²) in [6, 6.07) is 0. The number of aromatic nitrogens is 2. The molecule has 0 amide bonds. The zero-order valence-corrected chi connectivity index (χ0v) is 11.0. The molecule has 0 radical (unpaired) electrons. The van der Waals surface area contributed by atoms with E-state index in [0.29, 0.717) is 0 Å². The van der Waals surface area contributed by atoms with E-state index in [2.05, 4.69) is 11.9 Å². The molecule has 1 fully saturated rings. The highest BCUT2D eigenvalue weighted by molar-refractivity contribution is 5.20. The Kier molecular flexibility index (Phi) is 3.21. The number of nitrogens with one attached hydrogen (secondary N) is 1. The summed E-state index contributed by atoms with van der Waals surface area (Å²) >= 11 is 0. The van der Waals surface area contributed by atoms with E-state index in [-0.39, 0.29) is 0 Å². The van der Waals surface area contributed by atoms with Crippen LogP contribution in [-0.4, -0.2) is 9.97 Å². The topological polar surface area (TPSA) is 28.7 Å². The summed E-state index contributed by atoms with van der Waals surface area (Å²) < 4.78 is 0. The number of H-pyrrole nitrogens is 1. The quantitative estimate of drug-likeness (QED) is 0.821. The summed E-state index contributed by atoms with van der Waals surface area (Å²) in [7, 11) is 0. The van der Waals surface area contributed by atoms with Gasteiger partial charge in [-0.2, -0.15) is 0 Å². The van der Waals surface area contributed by atoms with Crippen molar-refractivity contribution < 1.29 is 0 Å². The number of hydrogen-bond acceptors (Lipinski definition) is 1. The molecule has 0 aromatic carbocycles. The minimum absolute atomic E-state index is 0.731. The van der Waals surface area contributed by atoms with E-state index in [9.17, 15) is 0 Å². The fourth-order valence-electron chi connectivity index (χ4n) is 3.49. The second kappa shape index (κ2) is 4.83. The Morgan fingerprint density at radius 2 is 2.00 bits per heavy atom. The highest BCUT2D eigenvalue weighted by atomic mass is 14.9. The molecular weight excluding hydrogens is 208 g/mol. The van der Waals surface area contributed by atoms with E-state index >= 15 is 0 Å². The van der Waals surface area contributed by atoms with Gasteiger partial charge in [-0.1, -0.05) is 32.6 Å². The van der Waals surface area contributed by atoms with Crippen molar-refractivity contribution in [3.05, 3.63) is 17.2 Å². The van der Waals surface area contributed by atoms with Crippen LogP contribution < -0.4 is 0 Å². The summed E-state index contributed by atoms with van der Waals surface area (Å²) in [5.74, 6) is 2.93. The van der Waals surface area contributed by atoms with E-state index in [1.165, 1.54) is 75.0 Å². The predicted molar refractivity (Wildman–Crippen MR) is 70.2 cm³/mol. The van der Waals surface area contributed by atoms with E-state index in [1.54, 1.807) is 0 Å². The molecule has 2 aliphatic carbocycles. The molecule has 0 saturated heterocycles. The number of aryl methyl sites for hydroxylation is 1. The van der Waals surface area contributed by atoms with Crippen molar-refractivity contribution in [2.24, 2.45) is 5.92 Å². The molecule has 1 unspecified atom stereocenters. The van der Waals surface area contributed by atoms with Gasteiger partial charge in [0.15, 0.2) is 0 Å². The molecule has 1 saturated carbocycles. The van der Waals surface area contributed by atoms with Crippen molar-refractivity contribution in [2.45, 2.75) is 70.6 Å². The van der Waals surface area contributed by atoms with Gasteiger partial charge in [0.1, 0.15) is 5.82 Å². The van der Waals surface area contributed by atoms with Crippen LogP contribution in [0.5, 0.6) is 0 Å². The van der Waals surface area contributed by atoms with Crippen LogP contribution in [0.25, 0.3) is 0 Å². The number of imidazole rings is 1. The molecule has 0 spiro atoms. The maximum Gasteiger partial charge on any atom is 0.109 e. The lowest BCUT2D eigenvalue weighted by Gasteiger charge is -2.19. The van der Waals surface area contributed by atoms with Gasteiger partial charge in [-0.3, -0.25) is 0 Å². The van der Waals surface area contributed by atoms with Crippen molar-refractivity contribution in [3.8, 4) is 0 Å².